The van der Waals surface area contributed by atoms with Crippen molar-refractivity contribution >= 4 is 39.1 Å². The quantitative estimate of drug-likeness (QED) is 0.869. The summed E-state index contributed by atoms with van der Waals surface area (Å²) in [5.74, 6) is 0.555. The van der Waals surface area contributed by atoms with E-state index in [0.717, 1.165) is 21.5 Å². The Morgan fingerprint density at radius 3 is 2.60 bits per heavy atom. The fourth-order valence-electron chi connectivity index (χ4n) is 1.74. The maximum absolute atomic E-state index is 12.2. The van der Waals surface area contributed by atoms with Gasteiger partial charge in [0.1, 0.15) is 5.75 Å². The second-order valence-corrected chi connectivity index (χ2v) is 5.53. The Morgan fingerprint density at radius 1 is 1.25 bits per heavy atom. The molecule has 104 valence electrons. The van der Waals surface area contributed by atoms with Gasteiger partial charge in [0.2, 0.25) is 0 Å². The molecule has 0 aliphatic carbocycles. The molecule has 0 spiro atoms. The third-order valence-corrected chi connectivity index (χ3v) is 4.10. The Balaban J connectivity index is 2.21. The van der Waals surface area contributed by atoms with Gasteiger partial charge in [-0.15, -0.1) is 0 Å². The number of carbonyl (C=O) groups is 1. The normalized spacial score (nSPS) is 10.2. The van der Waals surface area contributed by atoms with Crippen molar-refractivity contribution in [2.24, 2.45) is 0 Å². The molecule has 0 bridgehead atoms. The first kappa shape index (κ1) is 14.9. The van der Waals surface area contributed by atoms with E-state index in [1.54, 1.807) is 31.4 Å². The van der Waals surface area contributed by atoms with Crippen LogP contribution in [0.2, 0.25) is 5.02 Å². The number of carbonyl (C=O) groups excluding carboxylic acids is 1. The number of anilines is 1. The molecular weight excluding hydrogens is 342 g/mol. The van der Waals surface area contributed by atoms with Crippen LogP contribution in [0.5, 0.6) is 5.75 Å². The zero-order valence-corrected chi connectivity index (χ0v) is 13.4. The van der Waals surface area contributed by atoms with E-state index in [4.69, 9.17) is 16.3 Å². The van der Waals surface area contributed by atoms with Crippen LogP contribution in [0.3, 0.4) is 0 Å². The van der Waals surface area contributed by atoms with Gasteiger partial charge in [-0.3, -0.25) is 4.79 Å². The average Bonchev–Trinajstić information content (AvgIpc) is 2.43. The molecule has 0 saturated carbocycles. The fourth-order valence-corrected chi connectivity index (χ4v) is 2.16. The molecule has 1 N–H and O–H groups in total. The highest BCUT2D eigenvalue weighted by Crippen LogP contribution is 2.25. The van der Waals surface area contributed by atoms with E-state index in [2.05, 4.69) is 21.2 Å². The van der Waals surface area contributed by atoms with Crippen molar-refractivity contribution < 1.29 is 9.53 Å². The Labute approximate surface area is 131 Å². The molecule has 0 aliphatic rings. The van der Waals surface area contributed by atoms with Crippen LogP contribution >= 0.6 is 27.5 Å². The predicted octanol–water partition coefficient (Wildman–Crippen LogP) is 4.67. The SMILES string of the molecule is COc1ccc(NC(=O)c2ccc(Br)c(Cl)c2)c(C)c1. The number of hydrogen-bond acceptors (Lipinski definition) is 2. The van der Waals surface area contributed by atoms with Gasteiger partial charge in [0, 0.05) is 15.7 Å². The molecule has 2 rings (SSSR count). The van der Waals surface area contributed by atoms with Gasteiger partial charge in [0.05, 0.1) is 12.1 Å². The van der Waals surface area contributed by atoms with E-state index in [9.17, 15) is 4.79 Å². The lowest BCUT2D eigenvalue weighted by molar-refractivity contribution is 0.102. The second kappa shape index (κ2) is 6.29. The Hall–Kier alpha value is -1.52. The van der Waals surface area contributed by atoms with Gasteiger partial charge < -0.3 is 10.1 Å². The lowest BCUT2D eigenvalue weighted by Gasteiger charge is -2.10. The summed E-state index contributed by atoms with van der Waals surface area (Å²) >= 11 is 9.28. The third kappa shape index (κ3) is 3.32. The summed E-state index contributed by atoms with van der Waals surface area (Å²) in [7, 11) is 1.61. The number of nitrogens with one attached hydrogen (secondary N) is 1. The zero-order valence-electron chi connectivity index (χ0n) is 11.0. The number of halogens is 2. The summed E-state index contributed by atoms with van der Waals surface area (Å²) in [5, 5.41) is 3.36. The standard InChI is InChI=1S/C15H13BrClNO2/c1-9-7-11(20-2)4-6-14(9)18-15(19)10-3-5-12(16)13(17)8-10/h3-8H,1-2H3,(H,18,19). The first-order chi connectivity index (χ1) is 9.51. The maximum atomic E-state index is 12.2. The van der Waals surface area contributed by atoms with E-state index >= 15 is 0 Å². The molecule has 1 amide bonds. The van der Waals surface area contributed by atoms with Crippen LogP contribution in [-0.2, 0) is 0 Å². The van der Waals surface area contributed by atoms with E-state index in [0.29, 0.717) is 10.6 Å². The number of amides is 1. The summed E-state index contributed by atoms with van der Waals surface area (Å²) < 4.78 is 5.89. The van der Waals surface area contributed by atoms with Crippen LogP contribution in [0.4, 0.5) is 5.69 Å². The van der Waals surface area contributed by atoms with Crippen molar-refractivity contribution in [3.8, 4) is 5.75 Å². The van der Waals surface area contributed by atoms with E-state index in [1.165, 1.54) is 0 Å². The van der Waals surface area contributed by atoms with Crippen molar-refractivity contribution in [2.45, 2.75) is 6.92 Å². The second-order valence-electron chi connectivity index (χ2n) is 4.26. The molecule has 0 aromatic heterocycles. The van der Waals surface area contributed by atoms with Crippen LogP contribution in [0.15, 0.2) is 40.9 Å². The Morgan fingerprint density at radius 2 is 2.00 bits per heavy atom. The van der Waals surface area contributed by atoms with Crippen LogP contribution in [0.1, 0.15) is 15.9 Å². The molecule has 0 atom stereocenters. The van der Waals surface area contributed by atoms with Crippen LogP contribution in [0.25, 0.3) is 0 Å². The van der Waals surface area contributed by atoms with Crippen molar-refractivity contribution in [1.82, 2.24) is 0 Å². The molecule has 20 heavy (non-hydrogen) atoms. The van der Waals surface area contributed by atoms with Gasteiger partial charge in [-0.2, -0.15) is 0 Å². The Bertz CT molecular complexity index is 658. The van der Waals surface area contributed by atoms with Crippen LogP contribution in [0, 0.1) is 6.92 Å². The molecule has 3 nitrogen and oxygen atoms in total. The van der Waals surface area contributed by atoms with Crippen molar-refractivity contribution in [2.75, 3.05) is 12.4 Å². The fraction of sp³-hybridized carbons (Fsp3) is 0.133. The van der Waals surface area contributed by atoms with Crippen LogP contribution < -0.4 is 10.1 Å². The molecule has 0 saturated heterocycles. The summed E-state index contributed by atoms with van der Waals surface area (Å²) in [5.41, 5.74) is 2.18. The summed E-state index contributed by atoms with van der Waals surface area (Å²) in [6.45, 7) is 1.91. The minimum atomic E-state index is -0.201. The third-order valence-electron chi connectivity index (χ3n) is 2.86. The van der Waals surface area contributed by atoms with Crippen molar-refractivity contribution in [3.05, 3.63) is 57.0 Å². The highest BCUT2D eigenvalue weighted by Gasteiger charge is 2.10. The summed E-state index contributed by atoms with van der Waals surface area (Å²) in [4.78, 5) is 12.2. The minimum absolute atomic E-state index is 0.201. The van der Waals surface area contributed by atoms with Gasteiger partial charge in [-0.05, 0) is 64.8 Å². The monoisotopic (exact) mass is 353 g/mol. The van der Waals surface area contributed by atoms with E-state index < -0.39 is 0 Å². The van der Waals surface area contributed by atoms with Gasteiger partial charge >= 0.3 is 0 Å². The lowest BCUT2D eigenvalue weighted by atomic mass is 10.1. The largest absolute Gasteiger partial charge is 0.497 e. The van der Waals surface area contributed by atoms with Crippen LogP contribution in [-0.4, -0.2) is 13.0 Å². The summed E-state index contributed by atoms with van der Waals surface area (Å²) in [6, 6.07) is 10.6. The predicted molar refractivity (Wildman–Crippen MR) is 84.8 cm³/mol. The molecule has 0 unspecified atom stereocenters. The number of rotatable bonds is 3. The van der Waals surface area contributed by atoms with Gasteiger partial charge in [-0.1, -0.05) is 11.6 Å². The number of aryl methyl sites for hydroxylation is 1. The number of benzene rings is 2. The molecule has 2 aromatic carbocycles. The maximum Gasteiger partial charge on any atom is 0.255 e. The molecular formula is C15H13BrClNO2. The van der Waals surface area contributed by atoms with Gasteiger partial charge in [0.15, 0.2) is 0 Å². The molecule has 0 heterocycles. The molecule has 2 aromatic rings. The summed E-state index contributed by atoms with van der Waals surface area (Å²) in [6.07, 6.45) is 0. The molecule has 0 fully saturated rings. The Kier molecular flexibility index (Phi) is 4.68. The van der Waals surface area contributed by atoms with E-state index in [1.807, 2.05) is 19.1 Å². The first-order valence-corrected chi connectivity index (χ1v) is 7.09. The first-order valence-electron chi connectivity index (χ1n) is 5.92. The molecule has 5 heteroatoms. The number of ether oxygens (including phenoxy) is 1. The van der Waals surface area contributed by atoms with Gasteiger partial charge in [0.25, 0.3) is 5.91 Å². The topological polar surface area (TPSA) is 38.3 Å². The zero-order chi connectivity index (χ0) is 14.7. The minimum Gasteiger partial charge on any atom is -0.497 e. The van der Waals surface area contributed by atoms with Crippen molar-refractivity contribution in [3.63, 3.8) is 0 Å². The highest BCUT2D eigenvalue weighted by molar-refractivity contribution is 9.10. The lowest BCUT2D eigenvalue weighted by Crippen LogP contribution is -2.12. The number of hydrogen-bond donors (Lipinski definition) is 1. The van der Waals surface area contributed by atoms with Gasteiger partial charge in [-0.25, -0.2) is 0 Å². The average molecular weight is 355 g/mol. The van der Waals surface area contributed by atoms with E-state index in [-0.39, 0.29) is 5.91 Å². The molecule has 0 aliphatic heterocycles. The number of methoxy groups -OCH3 is 1. The van der Waals surface area contributed by atoms with Crippen molar-refractivity contribution in [1.29, 1.82) is 0 Å². The smallest absolute Gasteiger partial charge is 0.255 e. The molecule has 0 radical (unpaired) electrons. The highest BCUT2D eigenvalue weighted by atomic mass is 79.9.